The second kappa shape index (κ2) is 18.6. The summed E-state index contributed by atoms with van der Waals surface area (Å²) in [5, 5.41) is 10.6. The molecule has 268 valence electrons. The van der Waals surface area contributed by atoms with Crippen molar-refractivity contribution in [3.63, 3.8) is 0 Å². The molecule has 1 aliphatic rings. The van der Waals surface area contributed by atoms with Crippen LogP contribution < -0.4 is 55.7 Å². The van der Waals surface area contributed by atoms with E-state index >= 15 is 0 Å². The summed E-state index contributed by atoms with van der Waals surface area (Å²) in [5.41, 5.74) is 33.3. The van der Waals surface area contributed by atoms with Crippen molar-refractivity contribution in [1.82, 2.24) is 21.3 Å². The van der Waals surface area contributed by atoms with Crippen molar-refractivity contribution in [2.75, 3.05) is 39.3 Å². The molecule has 0 spiro atoms. The summed E-state index contributed by atoms with van der Waals surface area (Å²) in [6.07, 6.45) is 1.77. The molecular weight excluding hydrogens is 648 g/mol. The first kappa shape index (κ1) is 38.6. The molecular formula is C32H44N12O6. The number of nitrogens with zero attached hydrogens (tertiary/aromatic N) is 2. The van der Waals surface area contributed by atoms with Gasteiger partial charge in [0.2, 0.25) is 11.8 Å². The average molecular weight is 693 g/mol. The molecule has 3 rings (SSSR count). The molecule has 16 N–H and O–H groups in total. The summed E-state index contributed by atoms with van der Waals surface area (Å²) >= 11 is 0. The molecule has 2 atom stereocenters. The van der Waals surface area contributed by atoms with E-state index in [9.17, 15) is 28.8 Å². The Morgan fingerprint density at radius 3 is 1.30 bits per heavy atom. The van der Waals surface area contributed by atoms with E-state index in [1.54, 1.807) is 0 Å². The van der Waals surface area contributed by atoms with Crippen LogP contribution in [-0.4, -0.2) is 98.5 Å². The molecule has 18 nitrogen and oxygen atoms in total. The Morgan fingerprint density at radius 2 is 0.920 bits per heavy atom. The highest BCUT2D eigenvalue weighted by Crippen LogP contribution is 2.29. The van der Waals surface area contributed by atoms with Gasteiger partial charge in [-0.05, 0) is 62.1 Å². The van der Waals surface area contributed by atoms with Gasteiger partial charge in [0.15, 0.2) is 23.5 Å². The number of carbonyl (C=O) groups excluding carboxylic acids is 6. The smallest absolute Gasteiger partial charge is 0.251 e. The first-order valence-corrected chi connectivity index (χ1v) is 15.9. The minimum Gasteiger partial charge on any atom is -0.370 e. The lowest BCUT2D eigenvalue weighted by Gasteiger charge is -2.19. The molecule has 18 heteroatoms. The van der Waals surface area contributed by atoms with Crippen molar-refractivity contribution in [1.29, 1.82) is 0 Å². The van der Waals surface area contributed by atoms with Gasteiger partial charge < -0.3 is 55.7 Å². The first-order chi connectivity index (χ1) is 23.8. The summed E-state index contributed by atoms with van der Waals surface area (Å²) in [7, 11) is 0. The lowest BCUT2D eigenvalue weighted by molar-refractivity contribution is -0.123. The Hall–Kier alpha value is -5.88. The predicted molar refractivity (Wildman–Crippen MR) is 186 cm³/mol. The van der Waals surface area contributed by atoms with Crippen molar-refractivity contribution in [3.8, 4) is 0 Å². The molecule has 0 radical (unpaired) electrons. The number of nitrogens with two attached hydrogens (primary N) is 6. The number of rotatable bonds is 18. The number of hydrogen-bond donors (Lipinski definition) is 10. The molecule has 4 amide bonds. The van der Waals surface area contributed by atoms with E-state index in [2.05, 4.69) is 31.3 Å². The van der Waals surface area contributed by atoms with Crippen LogP contribution in [0.2, 0.25) is 0 Å². The summed E-state index contributed by atoms with van der Waals surface area (Å²) in [4.78, 5) is 84.4. The Balaban J connectivity index is 1.52. The van der Waals surface area contributed by atoms with Gasteiger partial charge in [-0.2, -0.15) is 0 Å². The number of nitrogens with one attached hydrogen (secondary N) is 4. The number of fused-ring (bicyclic) bond motifs is 2. The number of benzene rings is 2. The topological polar surface area (TPSA) is 331 Å². The van der Waals surface area contributed by atoms with E-state index in [1.807, 2.05) is 0 Å². The molecule has 0 saturated heterocycles. The lowest BCUT2D eigenvalue weighted by Crippen LogP contribution is -2.43. The fourth-order valence-corrected chi connectivity index (χ4v) is 4.92. The van der Waals surface area contributed by atoms with E-state index in [0.717, 1.165) is 0 Å². The summed E-state index contributed by atoms with van der Waals surface area (Å²) in [5.74, 6) is -2.88. The second-order valence-electron chi connectivity index (χ2n) is 11.4. The van der Waals surface area contributed by atoms with Gasteiger partial charge in [0.1, 0.15) is 0 Å². The van der Waals surface area contributed by atoms with E-state index in [-0.39, 0.29) is 71.5 Å². The van der Waals surface area contributed by atoms with Gasteiger partial charge in [0.05, 0.1) is 12.1 Å². The molecule has 50 heavy (non-hydrogen) atoms. The second-order valence-corrected chi connectivity index (χ2v) is 11.4. The fourth-order valence-electron chi connectivity index (χ4n) is 4.92. The van der Waals surface area contributed by atoms with Crippen LogP contribution in [0.15, 0.2) is 46.4 Å². The van der Waals surface area contributed by atoms with Crippen LogP contribution >= 0.6 is 0 Å². The minimum atomic E-state index is -0.768. The number of aliphatic imine (C=N–C) groups is 2. The summed E-state index contributed by atoms with van der Waals surface area (Å²) in [6, 6.07) is 6.76. The zero-order chi connectivity index (χ0) is 36.8. The van der Waals surface area contributed by atoms with Crippen LogP contribution in [0.5, 0.6) is 0 Å². The maximum Gasteiger partial charge on any atom is 0.251 e. The highest BCUT2D eigenvalue weighted by molar-refractivity contribution is 6.29. The summed E-state index contributed by atoms with van der Waals surface area (Å²) in [6.45, 7) is 1.06. The van der Waals surface area contributed by atoms with Crippen molar-refractivity contribution >= 4 is 47.1 Å². The van der Waals surface area contributed by atoms with Gasteiger partial charge >= 0.3 is 0 Å². The van der Waals surface area contributed by atoms with Gasteiger partial charge in [0.25, 0.3) is 11.8 Å². The fraction of sp³-hybridized carbons (Fsp3) is 0.375. The maximum atomic E-state index is 13.5. The molecule has 2 aromatic carbocycles. The van der Waals surface area contributed by atoms with Gasteiger partial charge in [-0.3, -0.25) is 38.8 Å². The van der Waals surface area contributed by atoms with Crippen molar-refractivity contribution in [2.24, 2.45) is 44.4 Å². The highest BCUT2D eigenvalue weighted by atomic mass is 16.2. The number of carbonyl (C=O) groups is 6. The number of guanidine groups is 2. The molecule has 0 unspecified atom stereocenters. The lowest BCUT2D eigenvalue weighted by atomic mass is 9.82. The van der Waals surface area contributed by atoms with Crippen molar-refractivity contribution < 1.29 is 28.8 Å². The standard InChI is InChI=1S/C32H44N12O6/c33-23(3-1-9-43-31(35)36)29(49)41-13-11-39-27(47)17-5-7-19-21(15-17)26(46)22-16-18(6-8-20(22)25(19)45)28(48)40-12-14-42-30(50)24(34)4-2-10-44-32(37)38/h5-8,15-16,23-24H,1-4,9-14,33-34H2,(H,39,47)(H,40,48)(H,41,49)(H,42,50)(H4,35,36,43)(H4,37,38,44)/t23-,24-/m0/s1. The zero-order valence-electron chi connectivity index (χ0n) is 27.5. The average Bonchev–Trinajstić information content (AvgIpc) is 3.09. The van der Waals surface area contributed by atoms with Crippen molar-refractivity contribution in [3.05, 3.63) is 69.8 Å². The van der Waals surface area contributed by atoms with Crippen LogP contribution in [0.1, 0.15) is 78.2 Å². The molecule has 0 aliphatic heterocycles. The van der Waals surface area contributed by atoms with E-state index in [4.69, 9.17) is 34.4 Å². The van der Waals surface area contributed by atoms with Crippen LogP contribution in [-0.2, 0) is 9.59 Å². The van der Waals surface area contributed by atoms with Crippen LogP contribution in [0.3, 0.4) is 0 Å². The van der Waals surface area contributed by atoms with E-state index < -0.39 is 47.3 Å². The van der Waals surface area contributed by atoms with Gasteiger partial charge in [-0.15, -0.1) is 0 Å². The van der Waals surface area contributed by atoms with Gasteiger partial charge in [0, 0.05) is 72.6 Å². The Morgan fingerprint density at radius 1 is 0.560 bits per heavy atom. The maximum absolute atomic E-state index is 13.5. The normalized spacial score (nSPS) is 12.8. The third kappa shape index (κ3) is 11.1. The Labute approximate surface area is 288 Å². The van der Waals surface area contributed by atoms with Crippen LogP contribution in [0.4, 0.5) is 0 Å². The first-order valence-electron chi connectivity index (χ1n) is 15.9. The largest absolute Gasteiger partial charge is 0.370 e. The molecule has 0 aromatic heterocycles. The SMILES string of the molecule is NC(N)=NCCC[C@H](N)C(=O)NCCNC(=O)c1ccc2c(c1)C(=O)c1cc(C(=O)NCCNC(=O)[C@@H](N)CCCN=C(N)N)ccc1C2=O. The molecule has 1 aliphatic carbocycles. The number of ketones is 2. The highest BCUT2D eigenvalue weighted by Gasteiger charge is 2.31. The summed E-state index contributed by atoms with van der Waals surface area (Å²) < 4.78 is 0. The number of amides is 4. The van der Waals surface area contributed by atoms with E-state index in [0.29, 0.717) is 38.8 Å². The third-order valence-electron chi connectivity index (χ3n) is 7.57. The minimum absolute atomic E-state index is 0.0186. The van der Waals surface area contributed by atoms with Crippen molar-refractivity contribution in [2.45, 2.75) is 37.8 Å². The van der Waals surface area contributed by atoms with Crippen LogP contribution in [0, 0.1) is 0 Å². The molecule has 0 saturated carbocycles. The van der Waals surface area contributed by atoms with Crippen LogP contribution in [0.25, 0.3) is 0 Å². The zero-order valence-corrected chi connectivity index (χ0v) is 27.5. The molecule has 2 aromatic rings. The predicted octanol–water partition coefficient (Wildman–Crippen LogP) is -3.08. The Bertz CT molecular complexity index is 1550. The molecule has 0 fully saturated rings. The van der Waals surface area contributed by atoms with Gasteiger partial charge in [-0.25, -0.2) is 0 Å². The molecule has 0 heterocycles. The monoisotopic (exact) mass is 692 g/mol. The third-order valence-corrected chi connectivity index (χ3v) is 7.57. The molecule has 0 bridgehead atoms. The number of hydrogen-bond acceptors (Lipinski definition) is 10. The quantitative estimate of drug-likeness (QED) is 0.0360. The van der Waals surface area contributed by atoms with E-state index in [1.165, 1.54) is 36.4 Å². The Kier molecular flexibility index (Phi) is 14.4. The van der Waals surface area contributed by atoms with Gasteiger partial charge in [-0.1, -0.05) is 0 Å².